The van der Waals surface area contributed by atoms with Crippen LogP contribution in [-0.4, -0.2) is 19.8 Å². The van der Waals surface area contributed by atoms with Crippen molar-refractivity contribution in [1.82, 2.24) is 0 Å². The first-order valence-electron chi connectivity index (χ1n) is 7.26. The molecule has 4 rings (SSSR count). The van der Waals surface area contributed by atoms with Gasteiger partial charge in [0.2, 0.25) is 0 Å². The van der Waals surface area contributed by atoms with Gasteiger partial charge in [0.25, 0.3) is 0 Å². The molecule has 5 heteroatoms. The average Bonchev–Trinajstić information content (AvgIpc) is 2.97. The molecule has 0 spiro atoms. The van der Waals surface area contributed by atoms with Crippen molar-refractivity contribution in [2.75, 3.05) is 30.4 Å². The van der Waals surface area contributed by atoms with Crippen molar-refractivity contribution < 1.29 is 9.47 Å². The van der Waals surface area contributed by atoms with Gasteiger partial charge in [-0.3, -0.25) is 0 Å². The number of thiophene rings is 1. The maximum atomic E-state index is 6.26. The van der Waals surface area contributed by atoms with Gasteiger partial charge in [0, 0.05) is 23.6 Å². The molecule has 21 heavy (non-hydrogen) atoms. The Morgan fingerprint density at radius 2 is 2.00 bits per heavy atom. The molecule has 2 aliphatic rings. The normalized spacial score (nSPS) is 20.2. The minimum atomic E-state index is 0.338. The minimum absolute atomic E-state index is 0.338. The second-order valence-electron chi connectivity index (χ2n) is 5.47. The maximum absolute atomic E-state index is 6.26. The average molecular weight is 302 g/mol. The lowest BCUT2D eigenvalue weighted by Crippen LogP contribution is -2.33. The predicted molar refractivity (Wildman–Crippen MR) is 85.6 cm³/mol. The third-order valence-corrected chi connectivity index (χ3v) is 5.27. The Hall–Kier alpha value is -1.88. The first-order chi connectivity index (χ1) is 10.2. The standard InChI is InChI=1S/C16H18N2O2S/c1-10-11-3-7-21-16(11)2-4-18(10)13-9-15-14(8-12(13)17)19-5-6-20-15/h3,7-10H,2,4-6,17H2,1H3. The van der Waals surface area contributed by atoms with Crippen LogP contribution in [-0.2, 0) is 6.42 Å². The summed E-state index contributed by atoms with van der Waals surface area (Å²) in [5.74, 6) is 1.55. The van der Waals surface area contributed by atoms with Crippen molar-refractivity contribution in [2.45, 2.75) is 19.4 Å². The smallest absolute Gasteiger partial charge is 0.163 e. The van der Waals surface area contributed by atoms with Gasteiger partial charge in [0.1, 0.15) is 13.2 Å². The number of benzene rings is 1. The van der Waals surface area contributed by atoms with E-state index in [0.29, 0.717) is 19.3 Å². The van der Waals surface area contributed by atoms with Gasteiger partial charge in [-0.2, -0.15) is 0 Å². The molecule has 0 aliphatic carbocycles. The molecule has 4 nitrogen and oxygen atoms in total. The van der Waals surface area contributed by atoms with E-state index in [4.69, 9.17) is 15.2 Å². The summed E-state index contributed by atoms with van der Waals surface area (Å²) in [5.41, 5.74) is 9.47. The van der Waals surface area contributed by atoms with E-state index < -0.39 is 0 Å². The zero-order chi connectivity index (χ0) is 14.4. The fourth-order valence-electron chi connectivity index (χ4n) is 3.18. The molecule has 110 valence electrons. The second kappa shape index (κ2) is 4.84. The number of rotatable bonds is 1. The van der Waals surface area contributed by atoms with Gasteiger partial charge in [0.05, 0.1) is 17.4 Å². The Morgan fingerprint density at radius 1 is 1.24 bits per heavy atom. The summed E-state index contributed by atoms with van der Waals surface area (Å²) in [7, 11) is 0. The van der Waals surface area contributed by atoms with Crippen LogP contribution in [0.4, 0.5) is 11.4 Å². The monoisotopic (exact) mass is 302 g/mol. The number of ether oxygens (including phenoxy) is 2. The number of nitrogen functional groups attached to an aromatic ring is 1. The summed E-state index contributed by atoms with van der Waals surface area (Å²) < 4.78 is 11.3. The number of nitrogens with zero attached hydrogens (tertiary/aromatic N) is 1. The van der Waals surface area contributed by atoms with Crippen LogP contribution in [0.2, 0.25) is 0 Å². The highest BCUT2D eigenvalue weighted by molar-refractivity contribution is 7.10. The molecular formula is C16H18N2O2S. The zero-order valence-electron chi connectivity index (χ0n) is 12.0. The molecular weight excluding hydrogens is 284 g/mol. The highest BCUT2D eigenvalue weighted by atomic mass is 32.1. The molecule has 0 bridgehead atoms. The fourth-order valence-corrected chi connectivity index (χ4v) is 4.14. The van der Waals surface area contributed by atoms with Crippen LogP contribution >= 0.6 is 11.3 Å². The van der Waals surface area contributed by atoms with Crippen molar-refractivity contribution >= 4 is 22.7 Å². The lowest BCUT2D eigenvalue weighted by molar-refractivity contribution is 0.172. The van der Waals surface area contributed by atoms with E-state index in [1.807, 2.05) is 23.5 Å². The Bertz CT molecular complexity index is 683. The minimum Gasteiger partial charge on any atom is -0.486 e. The van der Waals surface area contributed by atoms with Gasteiger partial charge in [-0.15, -0.1) is 11.3 Å². The van der Waals surface area contributed by atoms with Gasteiger partial charge >= 0.3 is 0 Å². The molecule has 0 saturated heterocycles. The number of anilines is 2. The van der Waals surface area contributed by atoms with E-state index in [2.05, 4.69) is 23.3 Å². The van der Waals surface area contributed by atoms with E-state index in [1.54, 1.807) is 0 Å². The van der Waals surface area contributed by atoms with Crippen LogP contribution in [0, 0.1) is 0 Å². The van der Waals surface area contributed by atoms with E-state index >= 15 is 0 Å². The Morgan fingerprint density at radius 3 is 2.81 bits per heavy atom. The topological polar surface area (TPSA) is 47.7 Å². The molecule has 0 radical (unpaired) electrons. The number of fused-ring (bicyclic) bond motifs is 2. The highest BCUT2D eigenvalue weighted by Gasteiger charge is 2.27. The lowest BCUT2D eigenvalue weighted by Gasteiger charge is -2.36. The third-order valence-electron chi connectivity index (χ3n) is 4.28. The van der Waals surface area contributed by atoms with Gasteiger partial charge < -0.3 is 20.1 Å². The largest absolute Gasteiger partial charge is 0.486 e. The number of hydrogen-bond acceptors (Lipinski definition) is 5. The maximum Gasteiger partial charge on any atom is 0.163 e. The van der Waals surface area contributed by atoms with Crippen LogP contribution in [0.5, 0.6) is 11.5 Å². The van der Waals surface area contributed by atoms with Crippen molar-refractivity contribution in [3.05, 3.63) is 34.0 Å². The zero-order valence-corrected chi connectivity index (χ0v) is 12.8. The summed E-state index contributed by atoms with van der Waals surface area (Å²) in [6.45, 7) is 4.41. The summed E-state index contributed by atoms with van der Waals surface area (Å²) in [6, 6.07) is 6.48. The molecule has 2 aromatic rings. The molecule has 2 N–H and O–H groups in total. The van der Waals surface area contributed by atoms with Crippen LogP contribution in [0.15, 0.2) is 23.6 Å². The van der Waals surface area contributed by atoms with Crippen LogP contribution in [0.1, 0.15) is 23.4 Å². The third kappa shape index (κ3) is 2.03. The van der Waals surface area contributed by atoms with Crippen LogP contribution in [0.3, 0.4) is 0 Å². The van der Waals surface area contributed by atoms with Crippen molar-refractivity contribution in [2.24, 2.45) is 0 Å². The van der Waals surface area contributed by atoms with E-state index in [-0.39, 0.29) is 0 Å². The van der Waals surface area contributed by atoms with E-state index in [1.165, 1.54) is 10.4 Å². The van der Waals surface area contributed by atoms with Gasteiger partial charge in [-0.1, -0.05) is 0 Å². The van der Waals surface area contributed by atoms with Crippen molar-refractivity contribution in [1.29, 1.82) is 0 Å². The SMILES string of the molecule is CC1c2ccsc2CCN1c1cc2c(cc1N)OCCO2. The molecule has 1 aromatic carbocycles. The Labute approximate surface area is 128 Å². The molecule has 1 unspecified atom stereocenters. The summed E-state index contributed by atoms with van der Waals surface area (Å²) in [4.78, 5) is 3.86. The van der Waals surface area contributed by atoms with Gasteiger partial charge in [0.15, 0.2) is 11.5 Å². The first kappa shape index (κ1) is 12.8. The molecule has 0 saturated carbocycles. The quantitative estimate of drug-likeness (QED) is 0.822. The highest BCUT2D eigenvalue weighted by Crippen LogP contribution is 2.43. The lowest BCUT2D eigenvalue weighted by atomic mass is 10.00. The van der Waals surface area contributed by atoms with Crippen molar-refractivity contribution in [3.63, 3.8) is 0 Å². The molecule has 2 aliphatic heterocycles. The second-order valence-corrected chi connectivity index (χ2v) is 6.47. The predicted octanol–water partition coefficient (Wildman–Crippen LogP) is 3.23. The number of hydrogen-bond donors (Lipinski definition) is 1. The molecule has 1 aromatic heterocycles. The Balaban J connectivity index is 1.74. The first-order valence-corrected chi connectivity index (χ1v) is 8.14. The molecule has 3 heterocycles. The van der Waals surface area contributed by atoms with Crippen LogP contribution in [0.25, 0.3) is 0 Å². The van der Waals surface area contributed by atoms with E-state index in [0.717, 1.165) is 35.8 Å². The van der Waals surface area contributed by atoms with Gasteiger partial charge in [-0.05, 0) is 30.4 Å². The fraction of sp³-hybridized carbons (Fsp3) is 0.375. The summed E-state index contributed by atoms with van der Waals surface area (Å²) in [6.07, 6.45) is 1.07. The molecule has 0 amide bonds. The Kier molecular flexibility index (Phi) is 2.96. The molecule has 1 atom stereocenters. The van der Waals surface area contributed by atoms with Crippen molar-refractivity contribution in [3.8, 4) is 11.5 Å². The summed E-state index contributed by atoms with van der Waals surface area (Å²) >= 11 is 1.85. The van der Waals surface area contributed by atoms with Crippen LogP contribution < -0.4 is 20.1 Å². The number of nitrogens with two attached hydrogens (primary N) is 1. The van der Waals surface area contributed by atoms with Gasteiger partial charge in [-0.25, -0.2) is 0 Å². The summed E-state index contributed by atoms with van der Waals surface area (Å²) in [5, 5.41) is 2.18. The van der Waals surface area contributed by atoms with E-state index in [9.17, 15) is 0 Å². The molecule has 0 fully saturated rings.